The third-order valence-electron chi connectivity index (χ3n) is 7.99. The molecule has 2 amide bonds. The summed E-state index contributed by atoms with van der Waals surface area (Å²) in [5.41, 5.74) is 3.12. The van der Waals surface area contributed by atoms with Gasteiger partial charge in [-0.15, -0.1) is 0 Å². The number of sulfonamides is 1. The minimum absolute atomic E-state index is 0.0868. The van der Waals surface area contributed by atoms with Crippen molar-refractivity contribution in [2.45, 2.75) is 76.4 Å². The van der Waals surface area contributed by atoms with Crippen LogP contribution in [0.1, 0.15) is 55.7 Å². The molecule has 0 spiro atoms. The van der Waals surface area contributed by atoms with Gasteiger partial charge in [0.1, 0.15) is 18.3 Å². The Morgan fingerprint density at radius 2 is 1.62 bits per heavy atom. The van der Waals surface area contributed by atoms with Crippen LogP contribution in [0.4, 0.5) is 5.69 Å². The minimum atomic E-state index is -4.10. The smallest absolute Gasteiger partial charge is 0.264 e. The lowest BCUT2D eigenvalue weighted by Crippen LogP contribution is -2.53. The van der Waals surface area contributed by atoms with Crippen LogP contribution in [-0.2, 0) is 26.2 Å². The molecule has 0 saturated heterocycles. The normalized spacial score (nSPS) is 14.3. The second kappa shape index (κ2) is 13.9. The molecule has 1 fully saturated rings. The van der Waals surface area contributed by atoms with Gasteiger partial charge in [-0.05, 0) is 86.2 Å². The maximum atomic E-state index is 14.2. The van der Waals surface area contributed by atoms with Crippen molar-refractivity contribution in [3.8, 4) is 5.75 Å². The van der Waals surface area contributed by atoms with Gasteiger partial charge in [0.2, 0.25) is 11.8 Å². The third kappa shape index (κ3) is 7.31. The lowest BCUT2D eigenvalue weighted by molar-refractivity contribution is -0.140. The van der Waals surface area contributed by atoms with Crippen molar-refractivity contribution >= 4 is 27.5 Å². The Morgan fingerprint density at radius 1 is 0.952 bits per heavy atom. The monoisotopic (exact) mass is 591 g/mol. The summed E-state index contributed by atoms with van der Waals surface area (Å²) in [6, 6.07) is 20.1. The van der Waals surface area contributed by atoms with Crippen LogP contribution in [0.25, 0.3) is 0 Å². The van der Waals surface area contributed by atoms with E-state index < -0.39 is 28.5 Å². The van der Waals surface area contributed by atoms with Crippen molar-refractivity contribution in [3.05, 3.63) is 89.5 Å². The lowest BCUT2D eigenvalue weighted by Gasteiger charge is -2.34. The van der Waals surface area contributed by atoms with E-state index in [4.69, 9.17) is 4.74 Å². The van der Waals surface area contributed by atoms with E-state index in [1.165, 1.54) is 17.0 Å². The summed E-state index contributed by atoms with van der Waals surface area (Å²) in [6.07, 6.45) is 4.36. The Bertz CT molecular complexity index is 1470. The van der Waals surface area contributed by atoms with Crippen LogP contribution in [0.5, 0.6) is 5.75 Å². The van der Waals surface area contributed by atoms with Gasteiger partial charge >= 0.3 is 0 Å². The SMILES string of the molecule is CCC(C(=O)NC1CCCC1)N(Cc1ccc(OC)cc1)C(=O)CN(c1ccc(C)c(C)c1)S(=O)(=O)c1ccccc1. The Labute approximate surface area is 249 Å². The third-order valence-corrected chi connectivity index (χ3v) is 9.78. The van der Waals surface area contributed by atoms with Gasteiger partial charge in [0.15, 0.2) is 0 Å². The molecule has 0 radical (unpaired) electrons. The Kier molecular flexibility index (Phi) is 10.3. The molecule has 8 nitrogen and oxygen atoms in total. The van der Waals surface area contributed by atoms with Crippen LogP contribution >= 0.6 is 0 Å². The summed E-state index contributed by atoms with van der Waals surface area (Å²) in [6.45, 7) is 5.42. The quantitative estimate of drug-likeness (QED) is 0.305. The first kappa shape index (κ1) is 31.1. The first-order chi connectivity index (χ1) is 20.1. The van der Waals surface area contributed by atoms with Crippen molar-refractivity contribution in [1.29, 1.82) is 0 Å². The highest BCUT2D eigenvalue weighted by Crippen LogP contribution is 2.27. The molecule has 42 heavy (non-hydrogen) atoms. The number of carbonyl (C=O) groups excluding carboxylic acids is 2. The highest BCUT2D eigenvalue weighted by atomic mass is 32.2. The van der Waals surface area contributed by atoms with Gasteiger partial charge < -0.3 is 15.0 Å². The molecule has 1 aliphatic carbocycles. The Balaban J connectivity index is 1.72. The summed E-state index contributed by atoms with van der Waals surface area (Å²) in [7, 11) is -2.51. The van der Waals surface area contributed by atoms with Gasteiger partial charge in [0.25, 0.3) is 10.0 Å². The van der Waals surface area contributed by atoms with E-state index in [2.05, 4.69) is 5.32 Å². The molecule has 4 rings (SSSR count). The van der Waals surface area contributed by atoms with Crippen molar-refractivity contribution in [1.82, 2.24) is 10.2 Å². The van der Waals surface area contributed by atoms with Gasteiger partial charge in [0.05, 0.1) is 17.7 Å². The largest absolute Gasteiger partial charge is 0.497 e. The molecule has 1 aliphatic rings. The van der Waals surface area contributed by atoms with Crippen LogP contribution in [0.15, 0.2) is 77.7 Å². The van der Waals surface area contributed by atoms with Gasteiger partial charge in [-0.25, -0.2) is 8.42 Å². The number of nitrogens with one attached hydrogen (secondary N) is 1. The average molecular weight is 592 g/mol. The van der Waals surface area contributed by atoms with Crippen LogP contribution in [0.3, 0.4) is 0 Å². The number of anilines is 1. The van der Waals surface area contributed by atoms with Crippen molar-refractivity contribution in [2.24, 2.45) is 0 Å². The second-order valence-corrected chi connectivity index (χ2v) is 12.7. The maximum Gasteiger partial charge on any atom is 0.264 e. The fourth-order valence-corrected chi connectivity index (χ4v) is 6.77. The zero-order valence-corrected chi connectivity index (χ0v) is 25.7. The standard InChI is InChI=1S/C33H41N3O5S/c1-5-31(33(38)34-27-11-9-10-12-27)35(22-26-16-19-29(41-4)20-17-26)32(37)23-36(28-18-15-24(2)25(3)21-28)42(39,40)30-13-7-6-8-14-30/h6-8,13-21,27,31H,5,9-12,22-23H2,1-4H3,(H,34,38). The summed E-state index contributed by atoms with van der Waals surface area (Å²) in [5, 5.41) is 3.14. The lowest BCUT2D eigenvalue weighted by atomic mass is 10.1. The first-order valence-corrected chi connectivity index (χ1v) is 16.0. The molecule has 1 N–H and O–H groups in total. The number of amides is 2. The molecular formula is C33H41N3O5S. The van der Waals surface area contributed by atoms with Gasteiger partial charge in [-0.1, -0.05) is 56.2 Å². The fraction of sp³-hybridized carbons (Fsp3) is 0.394. The molecule has 3 aromatic rings. The maximum absolute atomic E-state index is 14.2. The highest BCUT2D eigenvalue weighted by Gasteiger charge is 2.34. The van der Waals surface area contributed by atoms with E-state index in [0.29, 0.717) is 17.9 Å². The number of nitrogens with zero attached hydrogens (tertiary/aromatic N) is 2. The van der Waals surface area contributed by atoms with E-state index in [1.807, 2.05) is 39.0 Å². The van der Waals surface area contributed by atoms with Crippen molar-refractivity contribution in [3.63, 3.8) is 0 Å². The predicted molar refractivity (Wildman–Crippen MR) is 165 cm³/mol. The number of carbonyl (C=O) groups is 2. The number of hydrogen-bond donors (Lipinski definition) is 1. The van der Waals surface area contributed by atoms with Gasteiger partial charge in [0, 0.05) is 12.6 Å². The zero-order chi connectivity index (χ0) is 30.3. The van der Waals surface area contributed by atoms with Crippen LogP contribution in [0, 0.1) is 13.8 Å². The molecule has 3 aromatic carbocycles. The highest BCUT2D eigenvalue weighted by molar-refractivity contribution is 7.92. The Hall–Kier alpha value is -3.85. The zero-order valence-electron chi connectivity index (χ0n) is 24.9. The molecule has 9 heteroatoms. The van der Waals surface area contributed by atoms with E-state index in [9.17, 15) is 18.0 Å². The molecule has 224 valence electrons. The summed E-state index contributed by atoms with van der Waals surface area (Å²) in [5.74, 6) is 0.00407. The summed E-state index contributed by atoms with van der Waals surface area (Å²) in [4.78, 5) is 29.4. The van der Waals surface area contributed by atoms with Gasteiger partial charge in [-0.2, -0.15) is 0 Å². The molecule has 1 unspecified atom stereocenters. The van der Waals surface area contributed by atoms with Crippen molar-refractivity contribution in [2.75, 3.05) is 18.0 Å². The molecule has 0 heterocycles. The van der Waals surface area contributed by atoms with Crippen LogP contribution < -0.4 is 14.4 Å². The van der Waals surface area contributed by atoms with E-state index >= 15 is 0 Å². The number of ether oxygens (including phenoxy) is 1. The first-order valence-electron chi connectivity index (χ1n) is 14.5. The molecule has 1 atom stereocenters. The van der Waals surface area contributed by atoms with Crippen molar-refractivity contribution < 1.29 is 22.7 Å². The molecule has 1 saturated carbocycles. The minimum Gasteiger partial charge on any atom is -0.497 e. The van der Waals surface area contributed by atoms with E-state index in [1.54, 1.807) is 49.6 Å². The van der Waals surface area contributed by atoms with Gasteiger partial charge in [-0.3, -0.25) is 13.9 Å². The number of methoxy groups -OCH3 is 1. The number of benzene rings is 3. The summed E-state index contributed by atoms with van der Waals surface area (Å²) < 4.78 is 34.4. The van der Waals surface area contributed by atoms with E-state index in [-0.39, 0.29) is 23.4 Å². The molecule has 0 aromatic heterocycles. The van der Waals surface area contributed by atoms with Crippen LogP contribution in [-0.4, -0.2) is 50.9 Å². The number of aryl methyl sites for hydroxylation is 2. The summed E-state index contributed by atoms with van der Waals surface area (Å²) >= 11 is 0. The Morgan fingerprint density at radius 3 is 2.21 bits per heavy atom. The van der Waals surface area contributed by atoms with Crippen LogP contribution in [0.2, 0.25) is 0 Å². The number of rotatable bonds is 12. The average Bonchev–Trinajstić information content (AvgIpc) is 3.51. The topological polar surface area (TPSA) is 96.0 Å². The predicted octanol–water partition coefficient (Wildman–Crippen LogP) is 5.37. The fourth-order valence-electron chi connectivity index (χ4n) is 5.34. The number of hydrogen-bond acceptors (Lipinski definition) is 5. The molecule has 0 aliphatic heterocycles. The second-order valence-electron chi connectivity index (χ2n) is 10.9. The van der Waals surface area contributed by atoms with E-state index in [0.717, 1.165) is 46.7 Å². The molecule has 0 bridgehead atoms. The molecular weight excluding hydrogens is 550 g/mol.